The third-order valence-electron chi connectivity index (χ3n) is 7.60. The number of aliphatic hydroxyl groups is 1. The number of halogens is 2. The zero-order valence-corrected chi connectivity index (χ0v) is 22.8. The highest BCUT2D eigenvalue weighted by Crippen LogP contribution is 2.41. The van der Waals surface area contributed by atoms with E-state index in [4.69, 9.17) is 23.2 Å². The molecule has 2 aromatic rings. The molecule has 2 heterocycles. The average Bonchev–Trinajstić information content (AvgIpc) is 2.87. The van der Waals surface area contributed by atoms with Crippen LogP contribution in [0.3, 0.4) is 0 Å². The molecule has 2 aliphatic rings. The third-order valence-corrected chi connectivity index (χ3v) is 9.57. The van der Waals surface area contributed by atoms with Gasteiger partial charge in [-0.05, 0) is 80.7 Å². The molecule has 2 aromatic carbocycles. The molecule has 0 spiro atoms. The summed E-state index contributed by atoms with van der Waals surface area (Å²) in [5.41, 5.74) is 1.76. The third kappa shape index (κ3) is 6.56. The maximum atomic E-state index is 13.3. The molecule has 1 amide bonds. The minimum atomic E-state index is -0.561. The molecule has 0 radical (unpaired) electrons. The zero-order valence-electron chi connectivity index (χ0n) is 20.5. The highest BCUT2D eigenvalue weighted by Gasteiger charge is 2.39. The number of thioether (sulfide) groups is 1. The van der Waals surface area contributed by atoms with Crippen LogP contribution in [-0.2, 0) is 5.41 Å². The minimum absolute atomic E-state index is 0.0958. The van der Waals surface area contributed by atoms with Crippen molar-refractivity contribution in [1.29, 1.82) is 0 Å². The molecule has 2 fully saturated rings. The molecule has 0 saturated carbocycles. The van der Waals surface area contributed by atoms with Crippen LogP contribution in [0.5, 0.6) is 0 Å². The number of nitrogens with zero attached hydrogens (tertiary/aromatic N) is 2. The lowest BCUT2D eigenvalue weighted by Crippen LogP contribution is -2.49. The van der Waals surface area contributed by atoms with E-state index < -0.39 is 4.93 Å². The Morgan fingerprint density at radius 1 is 1.03 bits per heavy atom. The van der Waals surface area contributed by atoms with Gasteiger partial charge in [-0.1, -0.05) is 54.4 Å². The molecule has 0 unspecified atom stereocenters. The van der Waals surface area contributed by atoms with Gasteiger partial charge in [-0.25, -0.2) is 0 Å². The summed E-state index contributed by atoms with van der Waals surface area (Å²) in [6.07, 6.45) is 5.65. The van der Waals surface area contributed by atoms with Gasteiger partial charge in [0.25, 0.3) is 5.91 Å². The monoisotopic (exact) mass is 534 g/mol. The number of hydrogen-bond acceptors (Lipinski definition) is 4. The lowest BCUT2D eigenvalue weighted by molar-refractivity contribution is 0.0509. The van der Waals surface area contributed by atoms with E-state index in [2.05, 4.69) is 17.9 Å². The van der Waals surface area contributed by atoms with Gasteiger partial charge in [0.2, 0.25) is 0 Å². The van der Waals surface area contributed by atoms with Crippen LogP contribution >= 0.6 is 35.0 Å². The molecule has 0 bridgehead atoms. The van der Waals surface area contributed by atoms with Gasteiger partial charge < -0.3 is 14.9 Å². The van der Waals surface area contributed by atoms with Crippen LogP contribution in [0.1, 0.15) is 61.4 Å². The number of rotatable bonds is 8. The molecule has 4 rings (SSSR count). The Kier molecular flexibility index (Phi) is 9.09. The number of amides is 1. The Hall–Kier alpha value is -1.24. The fraction of sp³-hybridized carbons (Fsp3) is 0.536. The van der Waals surface area contributed by atoms with Crippen LogP contribution in [0.15, 0.2) is 48.5 Å². The van der Waals surface area contributed by atoms with Crippen molar-refractivity contribution in [3.8, 4) is 0 Å². The van der Waals surface area contributed by atoms with Crippen molar-refractivity contribution in [2.45, 2.75) is 55.8 Å². The normalized spacial score (nSPS) is 22.8. The number of likely N-dealkylation sites (tertiary alicyclic amines) is 2. The fourth-order valence-electron chi connectivity index (χ4n) is 5.66. The summed E-state index contributed by atoms with van der Waals surface area (Å²) in [6, 6.07) is 15.5. The zero-order chi connectivity index (χ0) is 24.9. The largest absolute Gasteiger partial charge is 0.379 e. The number of carbonyl (C=O) groups is 1. The highest BCUT2D eigenvalue weighted by atomic mass is 35.5. The standard InChI is InChI=1S/C28H36Cl2N2O2S/c1-2-35-28(34)14-18-31(19-15-28)16-6-12-27(23-10-11-24(29)25(30)20-23)13-7-17-32(21-27)26(33)22-8-4-3-5-9-22/h3-5,8-11,20,34H,2,6-7,12-19,21H2,1H3/t27-/m0/s1. The lowest BCUT2D eigenvalue weighted by Gasteiger charge is -2.44. The van der Waals surface area contributed by atoms with E-state index in [1.165, 1.54) is 5.56 Å². The first kappa shape index (κ1) is 26.8. The fourth-order valence-corrected chi connectivity index (χ4v) is 6.97. The minimum Gasteiger partial charge on any atom is -0.379 e. The molecule has 2 saturated heterocycles. The summed E-state index contributed by atoms with van der Waals surface area (Å²) in [6.45, 7) is 6.43. The number of piperidine rings is 2. The van der Waals surface area contributed by atoms with E-state index in [0.29, 0.717) is 16.6 Å². The molecule has 1 atom stereocenters. The van der Waals surface area contributed by atoms with E-state index in [1.54, 1.807) is 11.8 Å². The van der Waals surface area contributed by atoms with Crippen LogP contribution in [0.4, 0.5) is 0 Å². The van der Waals surface area contributed by atoms with Crippen molar-refractivity contribution < 1.29 is 9.90 Å². The second-order valence-electron chi connectivity index (χ2n) is 9.93. The summed E-state index contributed by atoms with van der Waals surface area (Å²) < 4.78 is 0. The van der Waals surface area contributed by atoms with Crippen molar-refractivity contribution in [2.24, 2.45) is 0 Å². The lowest BCUT2D eigenvalue weighted by atomic mass is 9.71. The average molecular weight is 536 g/mol. The first-order chi connectivity index (χ1) is 16.8. The summed E-state index contributed by atoms with van der Waals surface area (Å²) in [4.78, 5) is 17.3. The molecule has 2 aliphatic heterocycles. The molecule has 0 aliphatic carbocycles. The van der Waals surface area contributed by atoms with Crippen molar-refractivity contribution in [3.05, 3.63) is 69.7 Å². The Bertz CT molecular complexity index is 998. The molecule has 35 heavy (non-hydrogen) atoms. The van der Waals surface area contributed by atoms with E-state index >= 15 is 0 Å². The molecule has 4 nitrogen and oxygen atoms in total. The molecule has 0 aromatic heterocycles. The number of carbonyl (C=O) groups excluding carboxylic acids is 1. The molecule has 190 valence electrons. The molecule has 1 N–H and O–H groups in total. The molecule has 7 heteroatoms. The van der Waals surface area contributed by atoms with Gasteiger partial charge in [0.05, 0.1) is 10.0 Å². The van der Waals surface area contributed by atoms with Gasteiger partial charge in [-0.3, -0.25) is 4.79 Å². The predicted molar refractivity (Wildman–Crippen MR) is 148 cm³/mol. The second-order valence-corrected chi connectivity index (χ2v) is 12.4. The maximum Gasteiger partial charge on any atom is 0.253 e. The summed E-state index contributed by atoms with van der Waals surface area (Å²) >= 11 is 14.4. The van der Waals surface area contributed by atoms with E-state index in [0.717, 1.165) is 76.0 Å². The van der Waals surface area contributed by atoms with Crippen molar-refractivity contribution in [3.63, 3.8) is 0 Å². The van der Waals surface area contributed by atoms with Gasteiger partial charge in [0.1, 0.15) is 4.93 Å². The quantitative estimate of drug-likeness (QED) is 0.393. The highest BCUT2D eigenvalue weighted by molar-refractivity contribution is 8.00. The van der Waals surface area contributed by atoms with Crippen molar-refractivity contribution in [2.75, 3.05) is 38.5 Å². The summed E-state index contributed by atoms with van der Waals surface area (Å²) in [7, 11) is 0. The summed E-state index contributed by atoms with van der Waals surface area (Å²) in [5, 5.41) is 11.8. The topological polar surface area (TPSA) is 43.8 Å². The molecular weight excluding hydrogens is 499 g/mol. The SMILES string of the molecule is CCSC1(O)CCN(CCC[C@]2(c3ccc(Cl)c(Cl)c3)CCCN(C(=O)c3ccccc3)C2)CC1. The van der Waals surface area contributed by atoms with Crippen molar-refractivity contribution in [1.82, 2.24) is 9.80 Å². The summed E-state index contributed by atoms with van der Waals surface area (Å²) in [5.74, 6) is 1.04. The van der Waals surface area contributed by atoms with E-state index in [-0.39, 0.29) is 11.3 Å². The molecular formula is C28H36Cl2N2O2S. The second kappa shape index (κ2) is 11.9. The first-order valence-electron chi connectivity index (χ1n) is 12.7. The first-order valence-corrected chi connectivity index (χ1v) is 14.5. The van der Waals surface area contributed by atoms with Crippen molar-refractivity contribution >= 4 is 40.9 Å². The Balaban J connectivity index is 1.47. The van der Waals surface area contributed by atoms with Gasteiger partial charge in [-0.15, -0.1) is 11.8 Å². The van der Waals surface area contributed by atoms with Crippen LogP contribution in [0, 0.1) is 0 Å². The smallest absolute Gasteiger partial charge is 0.253 e. The van der Waals surface area contributed by atoms with Gasteiger partial charge >= 0.3 is 0 Å². The number of hydrogen-bond donors (Lipinski definition) is 1. The van der Waals surface area contributed by atoms with Gasteiger partial charge in [0.15, 0.2) is 0 Å². The van der Waals surface area contributed by atoms with Crippen LogP contribution in [0.2, 0.25) is 10.0 Å². The Labute approximate surface area is 224 Å². The van der Waals surface area contributed by atoms with Gasteiger partial charge in [-0.2, -0.15) is 0 Å². The van der Waals surface area contributed by atoms with Crippen LogP contribution < -0.4 is 0 Å². The van der Waals surface area contributed by atoms with Crippen LogP contribution in [0.25, 0.3) is 0 Å². The van der Waals surface area contributed by atoms with E-state index in [1.807, 2.05) is 47.4 Å². The maximum absolute atomic E-state index is 13.3. The van der Waals surface area contributed by atoms with Crippen LogP contribution in [-0.4, -0.2) is 64.2 Å². The predicted octanol–water partition coefficient (Wildman–Crippen LogP) is 6.49. The Morgan fingerprint density at radius 3 is 2.46 bits per heavy atom. The van der Waals surface area contributed by atoms with Gasteiger partial charge in [0, 0.05) is 37.2 Å². The van der Waals surface area contributed by atoms with E-state index in [9.17, 15) is 9.90 Å². The Morgan fingerprint density at radius 2 is 1.77 bits per heavy atom. The number of benzene rings is 2.